The van der Waals surface area contributed by atoms with Crippen LogP contribution in [0.1, 0.15) is 48.7 Å². The van der Waals surface area contributed by atoms with Gasteiger partial charge in [-0.05, 0) is 24.8 Å². The number of aromatic nitrogens is 3. The predicted molar refractivity (Wildman–Crippen MR) is 102 cm³/mol. The molecule has 1 amide bonds. The van der Waals surface area contributed by atoms with Crippen molar-refractivity contribution in [2.45, 2.75) is 39.2 Å². The van der Waals surface area contributed by atoms with Crippen LogP contribution >= 0.6 is 0 Å². The van der Waals surface area contributed by atoms with Crippen LogP contribution < -0.4 is 16.6 Å². The molecule has 2 aromatic heterocycles. The number of H-pyrrole nitrogens is 1. The molecule has 2 N–H and O–H groups in total. The number of hydrogen-bond acceptors (Lipinski definition) is 5. The molecular weight excluding hydrogens is 346 g/mol. The zero-order valence-corrected chi connectivity index (χ0v) is 15.7. The van der Waals surface area contributed by atoms with Crippen molar-refractivity contribution in [3.05, 3.63) is 38.2 Å². The van der Waals surface area contributed by atoms with Crippen LogP contribution in [0.4, 0.5) is 0 Å². The molecule has 8 heteroatoms. The van der Waals surface area contributed by atoms with Gasteiger partial charge < -0.3 is 10.2 Å². The first kappa shape index (κ1) is 17.9. The second-order valence-electron chi connectivity index (χ2n) is 7.87. The summed E-state index contributed by atoms with van der Waals surface area (Å²) in [6.07, 6.45) is 2.05. The van der Waals surface area contributed by atoms with Gasteiger partial charge in [0.05, 0.1) is 10.9 Å². The van der Waals surface area contributed by atoms with E-state index in [-0.39, 0.29) is 17.2 Å². The molecule has 0 aromatic carbocycles. The number of carbonyl (C=O) groups is 1. The third kappa shape index (κ3) is 3.41. The summed E-state index contributed by atoms with van der Waals surface area (Å²) >= 11 is 0. The van der Waals surface area contributed by atoms with Crippen molar-refractivity contribution in [3.63, 3.8) is 0 Å². The Morgan fingerprint density at radius 2 is 1.96 bits per heavy atom. The van der Waals surface area contributed by atoms with E-state index < -0.39 is 11.2 Å². The minimum absolute atomic E-state index is 0.161. The van der Waals surface area contributed by atoms with Gasteiger partial charge in [0.1, 0.15) is 0 Å². The molecule has 0 radical (unpaired) electrons. The lowest BCUT2D eigenvalue weighted by Crippen LogP contribution is -2.46. The summed E-state index contributed by atoms with van der Waals surface area (Å²) in [6.45, 7) is 7.11. The number of amides is 1. The van der Waals surface area contributed by atoms with E-state index in [0.717, 1.165) is 31.6 Å². The number of aromatic amines is 1. The lowest BCUT2D eigenvalue weighted by molar-refractivity contribution is 0.0737. The maximum Gasteiger partial charge on any atom is 0.330 e. The highest BCUT2D eigenvalue weighted by Crippen LogP contribution is 2.40. The molecule has 0 spiro atoms. The van der Waals surface area contributed by atoms with Gasteiger partial charge in [0.2, 0.25) is 0 Å². The molecule has 2 aliphatic rings. The molecule has 0 unspecified atom stereocenters. The monoisotopic (exact) mass is 371 g/mol. The molecule has 8 nitrogen and oxygen atoms in total. The highest BCUT2D eigenvalue weighted by molar-refractivity contribution is 6.05. The van der Waals surface area contributed by atoms with E-state index in [1.807, 2.05) is 13.8 Å². The quantitative estimate of drug-likeness (QED) is 0.823. The molecule has 0 bridgehead atoms. The molecule has 3 heterocycles. The van der Waals surface area contributed by atoms with Crippen LogP contribution in [-0.4, -0.2) is 51.5 Å². The highest BCUT2D eigenvalue weighted by Gasteiger charge is 2.30. The average Bonchev–Trinajstić information content (AvgIpc) is 3.49. The number of hydrogen-bond donors (Lipinski definition) is 2. The van der Waals surface area contributed by atoms with E-state index in [4.69, 9.17) is 0 Å². The van der Waals surface area contributed by atoms with Crippen molar-refractivity contribution >= 4 is 16.9 Å². The number of piperazine rings is 1. The fourth-order valence-electron chi connectivity index (χ4n) is 3.62. The van der Waals surface area contributed by atoms with Gasteiger partial charge in [-0.15, -0.1) is 0 Å². The molecule has 27 heavy (non-hydrogen) atoms. The lowest BCUT2D eigenvalue weighted by Gasteiger charge is -2.28. The van der Waals surface area contributed by atoms with Crippen LogP contribution in [0.3, 0.4) is 0 Å². The minimum atomic E-state index is -0.539. The van der Waals surface area contributed by atoms with Gasteiger partial charge >= 0.3 is 5.69 Å². The molecule has 1 saturated heterocycles. The molecule has 144 valence electrons. The normalized spacial score (nSPS) is 17.7. The highest BCUT2D eigenvalue weighted by atomic mass is 16.2. The van der Waals surface area contributed by atoms with E-state index in [2.05, 4.69) is 15.3 Å². The summed E-state index contributed by atoms with van der Waals surface area (Å²) in [5.41, 5.74) is 0.497. The number of fused-ring (bicyclic) bond motifs is 1. The number of nitrogens with one attached hydrogen (secondary N) is 2. The first-order chi connectivity index (χ1) is 13.0. The summed E-state index contributed by atoms with van der Waals surface area (Å²) in [7, 11) is 0. The van der Waals surface area contributed by atoms with Crippen molar-refractivity contribution < 1.29 is 4.79 Å². The van der Waals surface area contributed by atoms with Gasteiger partial charge in [0, 0.05) is 44.3 Å². The summed E-state index contributed by atoms with van der Waals surface area (Å²) in [6, 6.07) is 1.77. The van der Waals surface area contributed by atoms with E-state index in [1.165, 1.54) is 4.57 Å². The third-order valence-electron chi connectivity index (χ3n) is 5.15. The van der Waals surface area contributed by atoms with Crippen LogP contribution in [0, 0.1) is 5.92 Å². The Balaban J connectivity index is 1.95. The molecule has 1 aliphatic heterocycles. The molecule has 1 saturated carbocycles. The predicted octanol–water partition coefficient (Wildman–Crippen LogP) is 0.664. The Kier molecular flexibility index (Phi) is 4.59. The molecule has 4 rings (SSSR count). The fourth-order valence-corrected chi connectivity index (χ4v) is 3.62. The SMILES string of the molecule is CC(C)Cn1c(=O)[nH]c(=O)c2c(C(=O)N3CCNCC3)cc(C3CC3)nc21. The Hall–Kier alpha value is -2.48. The fraction of sp³-hybridized carbons (Fsp3) is 0.579. The summed E-state index contributed by atoms with van der Waals surface area (Å²) < 4.78 is 1.50. The van der Waals surface area contributed by atoms with E-state index in [0.29, 0.717) is 36.8 Å². The Bertz CT molecular complexity index is 997. The molecule has 2 fully saturated rings. The third-order valence-corrected chi connectivity index (χ3v) is 5.15. The second kappa shape index (κ2) is 6.92. The van der Waals surface area contributed by atoms with E-state index in [9.17, 15) is 14.4 Å². The van der Waals surface area contributed by atoms with Gasteiger partial charge in [0.25, 0.3) is 11.5 Å². The Labute approximate surface area is 156 Å². The molecular formula is C19H25N5O3. The summed E-state index contributed by atoms with van der Waals surface area (Å²) in [5.74, 6) is 0.354. The van der Waals surface area contributed by atoms with Crippen LogP contribution in [0.2, 0.25) is 0 Å². The van der Waals surface area contributed by atoms with Crippen LogP contribution in [0.5, 0.6) is 0 Å². The lowest BCUT2D eigenvalue weighted by atomic mass is 10.1. The van der Waals surface area contributed by atoms with Crippen LogP contribution in [0.15, 0.2) is 15.7 Å². The smallest absolute Gasteiger partial charge is 0.330 e. The van der Waals surface area contributed by atoms with E-state index in [1.54, 1.807) is 11.0 Å². The van der Waals surface area contributed by atoms with Crippen molar-refractivity contribution in [2.75, 3.05) is 26.2 Å². The van der Waals surface area contributed by atoms with Crippen LogP contribution in [0.25, 0.3) is 11.0 Å². The topological polar surface area (TPSA) is 100 Å². The van der Waals surface area contributed by atoms with Gasteiger partial charge in [-0.1, -0.05) is 13.8 Å². The number of carbonyl (C=O) groups excluding carboxylic acids is 1. The molecule has 1 aliphatic carbocycles. The van der Waals surface area contributed by atoms with Gasteiger partial charge in [-0.2, -0.15) is 0 Å². The zero-order valence-electron chi connectivity index (χ0n) is 15.7. The van der Waals surface area contributed by atoms with Crippen LogP contribution in [-0.2, 0) is 6.54 Å². The second-order valence-corrected chi connectivity index (χ2v) is 7.87. The number of nitrogens with zero attached hydrogens (tertiary/aromatic N) is 3. The number of rotatable bonds is 4. The van der Waals surface area contributed by atoms with Crippen molar-refractivity contribution in [2.24, 2.45) is 5.92 Å². The first-order valence-corrected chi connectivity index (χ1v) is 9.63. The van der Waals surface area contributed by atoms with Crippen molar-refractivity contribution in [1.29, 1.82) is 0 Å². The minimum Gasteiger partial charge on any atom is -0.336 e. The van der Waals surface area contributed by atoms with Crippen molar-refractivity contribution in [1.82, 2.24) is 24.8 Å². The largest absolute Gasteiger partial charge is 0.336 e. The van der Waals surface area contributed by atoms with Gasteiger partial charge in [-0.3, -0.25) is 19.1 Å². The maximum atomic E-state index is 13.2. The Morgan fingerprint density at radius 1 is 1.26 bits per heavy atom. The van der Waals surface area contributed by atoms with Crippen molar-refractivity contribution in [3.8, 4) is 0 Å². The average molecular weight is 371 g/mol. The first-order valence-electron chi connectivity index (χ1n) is 9.63. The zero-order chi connectivity index (χ0) is 19.1. The maximum absolute atomic E-state index is 13.2. The molecule has 0 atom stereocenters. The summed E-state index contributed by atoms with van der Waals surface area (Å²) in [5, 5.41) is 3.45. The van der Waals surface area contributed by atoms with Gasteiger partial charge in [0.15, 0.2) is 5.65 Å². The van der Waals surface area contributed by atoms with Gasteiger partial charge in [-0.25, -0.2) is 9.78 Å². The standard InChI is InChI=1S/C19H25N5O3/c1-11(2)10-24-16-15(17(25)22-19(24)27)13(9-14(21-16)12-3-4-12)18(26)23-7-5-20-6-8-23/h9,11-12,20H,3-8,10H2,1-2H3,(H,22,25,27). The van der Waals surface area contributed by atoms with E-state index >= 15 is 0 Å². The number of pyridine rings is 1. The molecule has 2 aromatic rings. The Morgan fingerprint density at radius 3 is 2.59 bits per heavy atom. The summed E-state index contributed by atoms with van der Waals surface area (Å²) in [4.78, 5) is 47.1.